The highest BCUT2D eigenvalue weighted by Gasteiger charge is 2.12. The van der Waals surface area contributed by atoms with Crippen LogP contribution < -0.4 is 5.32 Å². The summed E-state index contributed by atoms with van der Waals surface area (Å²) in [5.74, 6) is 0. The molecule has 1 N–H and O–H groups in total. The van der Waals surface area contributed by atoms with E-state index in [4.69, 9.17) is 4.74 Å². The van der Waals surface area contributed by atoms with Gasteiger partial charge in [0.05, 0.1) is 12.7 Å². The number of aromatic nitrogens is 1. The number of nitrogens with one attached hydrogen (secondary N) is 1. The van der Waals surface area contributed by atoms with Crippen molar-refractivity contribution in [2.45, 2.75) is 18.9 Å². The summed E-state index contributed by atoms with van der Waals surface area (Å²) in [7, 11) is 0. The summed E-state index contributed by atoms with van der Waals surface area (Å²) < 4.78 is 5.62. The summed E-state index contributed by atoms with van der Waals surface area (Å²) in [5.41, 5.74) is 1.34. The minimum absolute atomic E-state index is 0.386. The predicted molar refractivity (Wildman–Crippen MR) is 55.2 cm³/mol. The molecule has 3 heteroatoms. The molecular formula is C11H16N2O. The molecule has 3 nitrogen and oxygen atoms in total. The third-order valence-corrected chi connectivity index (χ3v) is 2.51. The molecular weight excluding hydrogens is 176 g/mol. The highest BCUT2D eigenvalue weighted by Crippen LogP contribution is 2.07. The van der Waals surface area contributed by atoms with E-state index in [1.165, 1.54) is 5.56 Å². The van der Waals surface area contributed by atoms with Crippen LogP contribution in [-0.2, 0) is 11.2 Å². The standard InChI is InChI=1S/C11H16N2O/c1(10-3-5-12-6-4-10)2-11-9-13-7-8-14-11/h3-6,11,13H,1-2,7-9H2. The van der Waals surface area contributed by atoms with Gasteiger partial charge in [-0.05, 0) is 30.5 Å². The zero-order chi connectivity index (χ0) is 9.64. The van der Waals surface area contributed by atoms with E-state index in [2.05, 4.69) is 22.4 Å². The van der Waals surface area contributed by atoms with Crippen molar-refractivity contribution in [2.24, 2.45) is 0 Å². The zero-order valence-corrected chi connectivity index (χ0v) is 8.28. The van der Waals surface area contributed by atoms with Gasteiger partial charge < -0.3 is 10.1 Å². The monoisotopic (exact) mass is 192 g/mol. The summed E-state index contributed by atoms with van der Waals surface area (Å²) in [5, 5.41) is 3.33. The molecule has 1 saturated heterocycles. The van der Waals surface area contributed by atoms with Gasteiger partial charge in [-0.1, -0.05) is 0 Å². The second-order valence-corrected chi connectivity index (χ2v) is 3.59. The van der Waals surface area contributed by atoms with Gasteiger partial charge in [-0.25, -0.2) is 0 Å². The molecule has 1 atom stereocenters. The third kappa shape index (κ3) is 2.79. The van der Waals surface area contributed by atoms with E-state index in [9.17, 15) is 0 Å². The first-order chi connectivity index (χ1) is 6.95. The Hall–Kier alpha value is -0.930. The first-order valence-corrected chi connectivity index (χ1v) is 5.16. The summed E-state index contributed by atoms with van der Waals surface area (Å²) in [6.07, 6.45) is 6.24. The van der Waals surface area contributed by atoms with Gasteiger partial charge in [0, 0.05) is 25.5 Å². The van der Waals surface area contributed by atoms with E-state index < -0.39 is 0 Å². The Morgan fingerprint density at radius 3 is 3.00 bits per heavy atom. The highest BCUT2D eigenvalue weighted by molar-refractivity contribution is 5.09. The Bertz CT molecular complexity index is 257. The van der Waals surface area contributed by atoms with E-state index in [1.807, 2.05) is 12.4 Å². The minimum Gasteiger partial charge on any atom is -0.376 e. The maximum atomic E-state index is 5.62. The van der Waals surface area contributed by atoms with Crippen molar-refractivity contribution in [3.05, 3.63) is 30.1 Å². The molecule has 1 aromatic heterocycles. The van der Waals surface area contributed by atoms with Crippen molar-refractivity contribution in [3.8, 4) is 0 Å². The molecule has 0 aliphatic carbocycles. The molecule has 1 unspecified atom stereocenters. The van der Waals surface area contributed by atoms with Crippen LogP contribution in [-0.4, -0.2) is 30.8 Å². The number of hydrogen-bond acceptors (Lipinski definition) is 3. The normalized spacial score (nSPS) is 22.1. The van der Waals surface area contributed by atoms with E-state index in [0.717, 1.165) is 32.5 Å². The molecule has 0 radical (unpaired) electrons. The summed E-state index contributed by atoms with van der Waals surface area (Å²) in [4.78, 5) is 4.00. The SMILES string of the molecule is c1cc(CCC2CNCCO2)ccn1. The lowest BCUT2D eigenvalue weighted by atomic mass is 10.1. The second kappa shape index (κ2) is 5.08. The van der Waals surface area contributed by atoms with Gasteiger partial charge in [-0.3, -0.25) is 4.98 Å². The van der Waals surface area contributed by atoms with Gasteiger partial charge in [0.2, 0.25) is 0 Å². The molecule has 1 aliphatic heterocycles. The van der Waals surface area contributed by atoms with Crippen molar-refractivity contribution in [2.75, 3.05) is 19.7 Å². The molecule has 1 aromatic rings. The molecule has 0 spiro atoms. The Labute approximate surface area is 84.5 Å². The fraction of sp³-hybridized carbons (Fsp3) is 0.545. The molecule has 0 amide bonds. The van der Waals surface area contributed by atoms with E-state index >= 15 is 0 Å². The lowest BCUT2D eigenvalue weighted by Crippen LogP contribution is -2.38. The molecule has 2 heterocycles. The van der Waals surface area contributed by atoms with Crippen molar-refractivity contribution in [1.29, 1.82) is 0 Å². The maximum absolute atomic E-state index is 5.62. The zero-order valence-electron chi connectivity index (χ0n) is 8.28. The fourth-order valence-electron chi connectivity index (χ4n) is 1.68. The van der Waals surface area contributed by atoms with Crippen LogP contribution in [0, 0.1) is 0 Å². The number of aryl methyl sites for hydroxylation is 1. The smallest absolute Gasteiger partial charge is 0.0703 e. The highest BCUT2D eigenvalue weighted by atomic mass is 16.5. The maximum Gasteiger partial charge on any atom is 0.0703 e. The first kappa shape index (κ1) is 9.62. The Morgan fingerprint density at radius 1 is 1.43 bits per heavy atom. The molecule has 0 bridgehead atoms. The quantitative estimate of drug-likeness (QED) is 0.776. The van der Waals surface area contributed by atoms with Crippen molar-refractivity contribution in [3.63, 3.8) is 0 Å². The van der Waals surface area contributed by atoms with E-state index in [-0.39, 0.29) is 0 Å². The third-order valence-electron chi connectivity index (χ3n) is 2.51. The van der Waals surface area contributed by atoms with E-state index in [0.29, 0.717) is 6.10 Å². The van der Waals surface area contributed by atoms with Crippen LogP contribution in [0.2, 0.25) is 0 Å². The van der Waals surface area contributed by atoms with Crippen LogP contribution in [0.3, 0.4) is 0 Å². The first-order valence-electron chi connectivity index (χ1n) is 5.16. The average molecular weight is 192 g/mol. The Kier molecular flexibility index (Phi) is 3.49. The number of pyridine rings is 1. The summed E-state index contributed by atoms with van der Waals surface area (Å²) >= 11 is 0. The van der Waals surface area contributed by atoms with Crippen LogP contribution >= 0.6 is 0 Å². The van der Waals surface area contributed by atoms with Crippen LogP contribution in [0.5, 0.6) is 0 Å². The lowest BCUT2D eigenvalue weighted by molar-refractivity contribution is 0.0238. The molecule has 2 rings (SSSR count). The predicted octanol–water partition coefficient (Wildman–Crippen LogP) is 1.00. The number of nitrogens with zero attached hydrogens (tertiary/aromatic N) is 1. The number of ether oxygens (including phenoxy) is 1. The van der Waals surface area contributed by atoms with Crippen LogP contribution in [0.15, 0.2) is 24.5 Å². The Morgan fingerprint density at radius 2 is 2.29 bits per heavy atom. The van der Waals surface area contributed by atoms with Gasteiger partial charge in [-0.2, -0.15) is 0 Å². The minimum atomic E-state index is 0.386. The van der Waals surface area contributed by atoms with Crippen LogP contribution in [0.25, 0.3) is 0 Å². The van der Waals surface area contributed by atoms with Gasteiger partial charge >= 0.3 is 0 Å². The average Bonchev–Trinajstić information content (AvgIpc) is 2.29. The summed E-state index contributed by atoms with van der Waals surface area (Å²) in [6, 6.07) is 4.13. The van der Waals surface area contributed by atoms with Crippen LogP contribution in [0.1, 0.15) is 12.0 Å². The number of morpholine rings is 1. The van der Waals surface area contributed by atoms with Gasteiger partial charge in [0.1, 0.15) is 0 Å². The van der Waals surface area contributed by atoms with Crippen LogP contribution in [0.4, 0.5) is 0 Å². The van der Waals surface area contributed by atoms with Crippen molar-refractivity contribution < 1.29 is 4.74 Å². The molecule has 0 saturated carbocycles. The lowest BCUT2D eigenvalue weighted by Gasteiger charge is -2.23. The van der Waals surface area contributed by atoms with Gasteiger partial charge in [0.25, 0.3) is 0 Å². The van der Waals surface area contributed by atoms with Gasteiger partial charge in [-0.15, -0.1) is 0 Å². The summed E-state index contributed by atoms with van der Waals surface area (Å²) in [6.45, 7) is 2.83. The van der Waals surface area contributed by atoms with Crippen molar-refractivity contribution >= 4 is 0 Å². The van der Waals surface area contributed by atoms with E-state index in [1.54, 1.807) is 0 Å². The van der Waals surface area contributed by atoms with Crippen molar-refractivity contribution in [1.82, 2.24) is 10.3 Å². The Balaban J connectivity index is 1.76. The second-order valence-electron chi connectivity index (χ2n) is 3.59. The number of hydrogen-bond donors (Lipinski definition) is 1. The van der Waals surface area contributed by atoms with Gasteiger partial charge in [0.15, 0.2) is 0 Å². The topological polar surface area (TPSA) is 34.1 Å². The molecule has 1 fully saturated rings. The number of rotatable bonds is 3. The molecule has 1 aliphatic rings. The molecule has 76 valence electrons. The fourth-order valence-corrected chi connectivity index (χ4v) is 1.68. The molecule has 0 aromatic carbocycles. The largest absolute Gasteiger partial charge is 0.376 e. The molecule has 14 heavy (non-hydrogen) atoms.